The van der Waals surface area contributed by atoms with E-state index >= 15 is 0 Å². The van der Waals surface area contributed by atoms with Crippen molar-refractivity contribution in [2.45, 2.75) is 38.2 Å². The Balaban J connectivity index is 2.01. The molecule has 1 aliphatic heterocycles. The van der Waals surface area contributed by atoms with Gasteiger partial charge in [-0.3, -0.25) is 0 Å². The molecule has 0 radical (unpaired) electrons. The van der Waals surface area contributed by atoms with Gasteiger partial charge in [0, 0.05) is 12.8 Å². The maximum absolute atomic E-state index is 10.0. The molecule has 1 heterocycles. The molecule has 18 heavy (non-hydrogen) atoms. The standard InChI is InChI=1S/C14H17ClO3/c1-9-10(8-14(16)3-4-14)7-11(15)13-12(9)17-5-2-6-18-13/h7,16H,2-6,8H2,1H3. The molecule has 0 unspecified atom stereocenters. The molecule has 0 aromatic heterocycles. The quantitative estimate of drug-likeness (QED) is 0.896. The predicted molar refractivity (Wildman–Crippen MR) is 69.7 cm³/mol. The monoisotopic (exact) mass is 268 g/mol. The van der Waals surface area contributed by atoms with Gasteiger partial charge >= 0.3 is 0 Å². The molecule has 0 saturated heterocycles. The molecule has 0 amide bonds. The lowest BCUT2D eigenvalue weighted by molar-refractivity contribution is 0.150. The highest BCUT2D eigenvalue weighted by molar-refractivity contribution is 6.32. The van der Waals surface area contributed by atoms with Crippen LogP contribution in [0.2, 0.25) is 5.02 Å². The van der Waals surface area contributed by atoms with Crippen LogP contribution in [0.15, 0.2) is 6.07 Å². The number of rotatable bonds is 2. The highest BCUT2D eigenvalue weighted by Gasteiger charge is 2.41. The molecular formula is C14H17ClO3. The summed E-state index contributed by atoms with van der Waals surface area (Å²) in [5.74, 6) is 1.40. The van der Waals surface area contributed by atoms with Crippen LogP contribution in [0.5, 0.6) is 11.5 Å². The molecule has 2 aliphatic rings. The van der Waals surface area contributed by atoms with Crippen molar-refractivity contribution in [3.05, 3.63) is 22.2 Å². The van der Waals surface area contributed by atoms with Crippen LogP contribution in [0.4, 0.5) is 0 Å². The number of hydrogen-bond acceptors (Lipinski definition) is 3. The van der Waals surface area contributed by atoms with E-state index in [9.17, 15) is 5.11 Å². The summed E-state index contributed by atoms with van der Waals surface area (Å²) in [6.45, 7) is 3.29. The molecule has 3 rings (SSSR count). The van der Waals surface area contributed by atoms with Crippen molar-refractivity contribution in [3.8, 4) is 11.5 Å². The van der Waals surface area contributed by atoms with E-state index in [0.29, 0.717) is 30.4 Å². The van der Waals surface area contributed by atoms with Crippen LogP contribution in [-0.4, -0.2) is 23.9 Å². The van der Waals surface area contributed by atoms with Gasteiger partial charge in [0.15, 0.2) is 11.5 Å². The molecule has 0 atom stereocenters. The predicted octanol–water partition coefficient (Wildman–Crippen LogP) is 2.88. The van der Waals surface area contributed by atoms with Crippen molar-refractivity contribution in [3.63, 3.8) is 0 Å². The number of halogens is 1. The van der Waals surface area contributed by atoms with E-state index in [4.69, 9.17) is 21.1 Å². The Kier molecular flexibility index (Phi) is 2.91. The minimum atomic E-state index is -0.520. The Bertz CT molecular complexity index is 480. The third kappa shape index (κ3) is 2.17. The van der Waals surface area contributed by atoms with Crippen molar-refractivity contribution >= 4 is 11.6 Å². The second-order valence-corrected chi connectivity index (χ2v) is 5.66. The zero-order valence-electron chi connectivity index (χ0n) is 10.5. The van der Waals surface area contributed by atoms with E-state index in [1.54, 1.807) is 0 Å². The van der Waals surface area contributed by atoms with E-state index in [0.717, 1.165) is 36.1 Å². The lowest BCUT2D eigenvalue weighted by Crippen LogP contribution is -2.12. The molecule has 1 N–H and O–H groups in total. The van der Waals surface area contributed by atoms with E-state index in [2.05, 4.69) is 0 Å². The summed E-state index contributed by atoms with van der Waals surface area (Å²) < 4.78 is 11.4. The summed E-state index contributed by atoms with van der Waals surface area (Å²) in [7, 11) is 0. The van der Waals surface area contributed by atoms with Crippen LogP contribution in [0, 0.1) is 6.92 Å². The maximum atomic E-state index is 10.0. The van der Waals surface area contributed by atoms with Crippen molar-refractivity contribution < 1.29 is 14.6 Å². The SMILES string of the molecule is Cc1c(CC2(O)CC2)cc(Cl)c2c1OCCCO2. The average Bonchev–Trinajstić information content (AvgIpc) is 3.08. The first-order valence-electron chi connectivity index (χ1n) is 6.39. The first kappa shape index (κ1) is 12.1. The fraction of sp³-hybridized carbons (Fsp3) is 0.571. The molecule has 3 nitrogen and oxygen atoms in total. The summed E-state index contributed by atoms with van der Waals surface area (Å²) in [4.78, 5) is 0. The Labute approximate surface area is 112 Å². The van der Waals surface area contributed by atoms with Crippen LogP contribution in [0.1, 0.15) is 30.4 Å². The molecular weight excluding hydrogens is 252 g/mol. The van der Waals surface area contributed by atoms with Gasteiger partial charge in [-0.05, 0) is 37.0 Å². The molecule has 0 spiro atoms. The highest BCUT2D eigenvalue weighted by Crippen LogP contribution is 2.45. The largest absolute Gasteiger partial charge is 0.489 e. The van der Waals surface area contributed by atoms with Crippen LogP contribution < -0.4 is 9.47 Å². The first-order valence-corrected chi connectivity index (χ1v) is 6.77. The van der Waals surface area contributed by atoms with Gasteiger partial charge in [0.25, 0.3) is 0 Å². The lowest BCUT2D eigenvalue weighted by Gasteiger charge is -2.17. The number of fused-ring (bicyclic) bond motifs is 1. The normalized spacial score (nSPS) is 20.4. The second-order valence-electron chi connectivity index (χ2n) is 5.25. The minimum Gasteiger partial charge on any atom is -0.489 e. The van der Waals surface area contributed by atoms with E-state index in [1.807, 2.05) is 13.0 Å². The van der Waals surface area contributed by atoms with Crippen LogP contribution in [-0.2, 0) is 6.42 Å². The fourth-order valence-corrected chi connectivity index (χ4v) is 2.60. The molecule has 1 aliphatic carbocycles. The zero-order chi connectivity index (χ0) is 12.8. The van der Waals surface area contributed by atoms with Crippen molar-refractivity contribution in [2.75, 3.05) is 13.2 Å². The summed E-state index contributed by atoms with van der Waals surface area (Å²) in [5, 5.41) is 10.6. The lowest BCUT2D eigenvalue weighted by atomic mass is 10.00. The Hall–Kier alpha value is -0.930. The summed E-state index contributed by atoms with van der Waals surface area (Å²) in [5.41, 5.74) is 1.58. The van der Waals surface area contributed by atoms with E-state index in [-0.39, 0.29) is 0 Å². The third-order valence-electron chi connectivity index (χ3n) is 3.67. The third-order valence-corrected chi connectivity index (χ3v) is 3.96. The van der Waals surface area contributed by atoms with Gasteiger partial charge in [-0.15, -0.1) is 0 Å². The van der Waals surface area contributed by atoms with Crippen molar-refractivity contribution in [1.82, 2.24) is 0 Å². The molecule has 98 valence electrons. The van der Waals surface area contributed by atoms with Crippen LogP contribution in [0.3, 0.4) is 0 Å². The molecule has 4 heteroatoms. The van der Waals surface area contributed by atoms with Crippen LogP contribution in [0.25, 0.3) is 0 Å². The molecule has 1 aromatic rings. The summed E-state index contributed by atoms with van der Waals surface area (Å²) >= 11 is 6.25. The van der Waals surface area contributed by atoms with Crippen LogP contribution >= 0.6 is 11.6 Å². The van der Waals surface area contributed by atoms with Gasteiger partial charge in [-0.1, -0.05) is 11.6 Å². The molecule has 1 aromatic carbocycles. The zero-order valence-corrected chi connectivity index (χ0v) is 11.2. The van der Waals surface area contributed by atoms with E-state index < -0.39 is 5.60 Å². The maximum Gasteiger partial charge on any atom is 0.180 e. The highest BCUT2D eigenvalue weighted by atomic mass is 35.5. The van der Waals surface area contributed by atoms with Crippen molar-refractivity contribution in [1.29, 1.82) is 0 Å². The number of aliphatic hydroxyl groups is 1. The van der Waals surface area contributed by atoms with Gasteiger partial charge in [0.1, 0.15) is 0 Å². The van der Waals surface area contributed by atoms with Gasteiger partial charge in [-0.2, -0.15) is 0 Å². The van der Waals surface area contributed by atoms with E-state index in [1.165, 1.54) is 0 Å². The van der Waals surface area contributed by atoms with Gasteiger partial charge in [0.05, 0.1) is 23.8 Å². The number of hydrogen-bond donors (Lipinski definition) is 1. The molecule has 1 fully saturated rings. The topological polar surface area (TPSA) is 38.7 Å². The van der Waals surface area contributed by atoms with Gasteiger partial charge in [0.2, 0.25) is 0 Å². The molecule has 1 saturated carbocycles. The van der Waals surface area contributed by atoms with Crippen molar-refractivity contribution in [2.24, 2.45) is 0 Å². The fourth-order valence-electron chi connectivity index (χ4n) is 2.33. The first-order chi connectivity index (χ1) is 8.59. The Morgan fingerprint density at radius 2 is 1.94 bits per heavy atom. The number of benzene rings is 1. The molecule has 0 bridgehead atoms. The van der Waals surface area contributed by atoms with Gasteiger partial charge in [-0.25, -0.2) is 0 Å². The Morgan fingerprint density at radius 1 is 1.28 bits per heavy atom. The second kappa shape index (κ2) is 4.32. The van der Waals surface area contributed by atoms with Gasteiger partial charge < -0.3 is 14.6 Å². The number of ether oxygens (including phenoxy) is 2. The smallest absolute Gasteiger partial charge is 0.180 e. The summed E-state index contributed by atoms with van der Waals surface area (Å²) in [6, 6.07) is 1.90. The summed E-state index contributed by atoms with van der Waals surface area (Å²) in [6.07, 6.45) is 3.26. The minimum absolute atomic E-state index is 0.520. The average molecular weight is 269 g/mol. The Morgan fingerprint density at radius 3 is 2.61 bits per heavy atom.